The maximum Gasteiger partial charge on any atom is 0.183 e. The Morgan fingerprint density at radius 3 is 2.79 bits per heavy atom. The first kappa shape index (κ1) is 11.7. The predicted octanol–water partition coefficient (Wildman–Crippen LogP) is 3.53. The molecular weight excluding hydrogens is 270 g/mol. The van der Waals surface area contributed by atoms with Gasteiger partial charge in [-0.1, -0.05) is 22.0 Å². The van der Waals surface area contributed by atoms with Gasteiger partial charge >= 0.3 is 0 Å². The van der Waals surface area contributed by atoms with E-state index >= 15 is 0 Å². The molecule has 4 heteroatoms. The molecule has 0 saturated heterocycles. The van der Waals surface area contributed by atoms with Gasteiger partial charge in [0.2, 0.25) is 0 Å². The maximum absolute atomic E-state index is 13.2. The monoisotopic (exact) mass is 278 g/mol. The molecule has 1 atom stereocenters. The van der Waals surface area contributed by atoms with Crippen molar-refractivity contribution in [2.75, 3.05) is 0 Å². The van der Waals surface area contributed by atoms with Crippen molar-refractivity contribution in [3.63, 3.8) is 0 Å². The summed E-state index contributed by atoms with van der Waals surface area (Å²) in [4.78, 5) is 11.4. The number of hydrogen-bond donors (Lipinski definition) is 0. The fourth-order valence-corrected chi connectivity index (χ4v) is 1.52. The molecule has 0 N–H and O–H groups in total. The van der Waals surface area contributed by atoms with Crippen LogP contribution in [0.1, 0.15) is 22.8 Å². The number of carbonyl (C=O) groups excluding carboxylic acids is 1. The average molecular weight is 280 g/mol. The van der Waals surface area contributed by atoms with E-state index in [0.29, 0.717) is 5.33 Å². The van der Waals surface area contributed by atoms with Gasteiger partial charge in [-0.2, -0.15) is 0 Å². The standard InChI is InChI=1S/C10H9BrClFO/c1-6(12)10(14)8-4-7(5-11)2-3-9(8)13/h2-4,6H,5H2,1H3. The first-order valence-corrected chi connectivity index (χ1v) is 5.64. The molecular formula is C10H9BrClFO. The number of halogens is 3. The quantitative estimate of drug-likeness (QED) is 0.611. The minimum Gasteiger partial charge on any atom is -0.292 e. The highest BCUT2D eigenvalue weighted by Crippen LogP contribution is 2.16. The lowest BCUT2D eigenvalue weighted by atomic mass is 10.1. The summed E-state index contributed by atoms with van der Waals surface area (Å²) >= 11 is 8.84. The molecule has 1 aromatic rings. The molecule has 0 radical (unpaired) electrons. The molecule has 0 amide bonds. The van der Waals surface area contributed by atoms with E-state index in [1.807, 2.05) is 0 Å². The second-order valence-electron chi connectivity index (χ2n) is 2.93. The van der Waals surface area contributed by atoms with E-state index in [1.54, 1.807) is 6.07 Å². The molecule has 0 aliphatic carbocycles. The normalized spacial score (nSPS) is 12.6. The van der Waals surface area contributed by atoms with Crippen molar-refractivity contribution in [2.24, 2.45) is 0 Å². The number of alkyl halides is 2. The molecule has 0 saturated carbocycles. The van der Waals surface area contributed by atoms with Gasteiger partial charge in [-0.25, -0.2) is 4.39 Å². The molecule has 1 nitrogen and oxygen atoms in total. The summed E-state index contributed by atoms with van der Waals surface area (Å²) in [5.74, 6) is -0.904. The van der Waals surface area contributed by atoms with Gasteiger partial charge < -0.3 is 0 Å². The molecule has 0 bridgehead atoms. The molecule has 0 aromatic heterocycles. The number of benzene rings is 1. The van der Waals surface area contributed by atoms with Gasteiger partial charge in [0.1, 0.15) is 5.82 Å². The Kier molecular flexibility index (Phi) is 4.08. The largest absolute Gasteiger partial charge is 0.292 e. The molecule has 0 spiro atoms. The lowest BCUT2D eigenvalue weighted by Crippen LogP contribution is -2.12. The molecule has 1 unspecified atom stereocenters. The van der Waals surface area contributed by atoms with Gasteiger partial charge in [-0.05, 0) is 24.6 Å². The minimum atomic E-state index is -0.699. The molecule has 0 fully saturated rings. The van der Waals surface area contributed by atoms with Crippen LogP contribution in [0.3, 0.4) is 0 Å². The SMILES string of the molecule is CC(Cl)C(=O)c1cc(CBr)ccc1F. The number of hydrogen-bond acceptors (Lipinski definition) is 1. The zero-order chi connectivity index (χ0) is 10.7. The van der Waals surface area contributed by atoms with Crippen LogP contribution in [0.2, 0.25) is 0 Å². The van der Waals surface area contributed by atoms with E-state index < -0.39 is 11.2 Å². The first-order valence-electron chi connectivity index (χ1n) is 4.09. The van der Waals surface area contributed by atoms with Crippen LogP contribution >= 0.6 is 27.5 Å². The Morgan fingerprint density at radius 1 is 1.64 bits per heavy atom. The van der Waals surface area contributed by atoms with Crippen molar-refractivity contribution >= 4 is 33.3 Å². The van der Waals surface area contributed by atoms with Gasteiger partial charge in [-0.15, -0.1) is 11.6 Å². The number of Topliss-reactive ketones (excluding diaryl/α,β-unsaturated/α-hetero) is 1. The fourth-order valence-electron chi connectivity index (χ4n) is 1.06. The van der Waals surface area contributed by atoms with Crippen LogP contribution in [-0.4, -0.2) is 11.2 Å². The molecule has 1 aromatic carbocycles. The second kappa shape index (κ2) is 4.89. The average Bonchev–Trinajstić information content (AvgIpc) is 2.17. The molecule has 0 heterocycles. The van der Waals surface area contributed by atoms with Gasteiger partial charge in [0.25, 0.3) is 0 Å². The van der Waals surface area contributed by atoms with Crippen LogP contribution in [0.4, 0.5) is 4.39 Å². The number of rotatable bonds is 3. The highest BCUT2D eigenvalue weighted by Gasteiger charge is 2.16. The third kappa shape index (κ3) is 2.55. The molecule has 0 aliphatic rings. The van der Waals surface area contributed by atoms with Crippen LogP contribution in [0.15, 0.2) is 18.2 Å². The Bertz CT molecular complexity index is 352. The smallest absolute Gasteiger partial charge is 0.183 e. The fraction of sp³-hybridized carbons (Fsp3) is 0.300. The lowest BCUT2D eigenvalue weighted by Gasteiger charge is -2.05. The third-order valence-electron chi connectivity index (χ3n) is 1.81. The minimum absolute atomic E-state index is 0.0597. The summed E-state index contributed by atoms with van der Waals surface area (Å²) in [5, 5.41) is -0.111. The van der Waals surface area contributed by atoms with Crippen LogP contribution in [0.5, 0.6) is 0 Å². The van der Waals surface area contributed by atoms with Gasteiger partial charge in [0.05, 0.1) is 10.9 Å². The zero-order valence-electron chi connectivity index (χ0n) is 7.56. The van der Waals surface area contributed by atoms with Gasteiger partial charge in [0.15, 0.2) is 5.78 Å². The van der Waals surface area contributed by atoms with E-state index in [2.05, 4.69) is 15.9 Å². The van der Waals surface area contributed by atoms with E-state index in [-0.39, 0.29) is 11.3 Å². The first-order chi connectivity index (χ1) is 6.56. The summed E-state index contributed by atoms with van der Waals surface area (Å²) in [6.45, 7) is 1.53. The van der Waals surface area contributed by atoms with Crippen LogP contribution in [0, 0.1) is 5.82 Å². The van der Waals surface area contributed by atoms with Crippen molar-refractivity contribution in [1.29, 1.82) is 0 Å². The van der Waals surface area contributed by atoms with Gasteiger partial charge in [-0.3, -0.25) is 4.79 Å². The Morgan fingerprint density at radius 2 is 2.29 bits per heavy atom. The summed E-state index contributed by atoms with van der Waals surface area (Å²) in [5.41, 5.74) is 0.913. The van der Waals surface area contributed by atoms with Crippen LogP contribution in [0.25, 0.3) is 0 Å². The van der Waals surface area contributed by atoms with Crippen molar-refractivity contribution in [3.8, 4) is 0 Å². The molecule has 76 valence electrons. The van der Waals surface area contributed by atoms with Crippen LogP contribution in [-0.2, 0) is 5.33 Å². The Hall–Kier alpha value is -0.410. The summed E-state index contributed by atoms with van der Waals surface area (Å²) in [6, 6.07) is 4.42. The summed E-state index contributed by atoms with van der Waals surface area (Å²) in [7, 11) is 0. The van der Waals surface area contributed by atoms with Crippen molar-refractivity contribution in [1.82, 2.24) is 0 Å². The highest BCUT2D eigenvalue weighted by molar-refractivity contribution is 9.08. The zero-order valence-corrected chi connectivity index (χ0v) is 9.90. The van der Waals surface area contributed by atoms with Crippen molar-refractivity contribution in [2.45, 2.75) is 17.6 Å². The summed E-state index contributed by atoms with van der Waals surface area (Å²) in [6.07, 6.45) is 0. The van der Waals surface area contributed by atoms with E-state index in [9.17, 15) is 9.18 Å². The van der Waals surface area contributed by atoms with E-state index in [4.69, 9.17) is 11.6 Å². The van der Waals surface area contributed by atoms with Crippen molar-refractivity contribution < 1.29 is 9.18 Å². The number of carbonyl (C=O) groups is 1. The highest BCUT2D eigenvalue weighted by atomic mass is 79.9. The van der Waals surface area contributed by atoms with E-state index in [0.717, 1.165) is 5.56 Å². The summed E-state index contributed by atoms with van der Waals surface area (Å²) < 4.78 is 13.2. The Balaban J connectivity index is 3.12. The molecule has 0 aliphatic heterocycles. The topological polar surface area (TPSA) is 17.1 Å². The number of ketones is 1. The second-order valence-corrected chi connectivity index (χ2v) is 4.14. The lowest BCUT2D eigenvalue weighted by molar-refractivity contribution is 0.0988. The Labute approximate surface area is 95.4 Å². The third-order valence-corrected chi connectivity index (χ3v) is 2.66. The molecule has 14 heavy (non-hydrogen) atoms. The predicted molar refractivity (Wildman–Crippen MR) is 58.7 cm³/mol. The van der Waals surface area contributed by atoms with Gasteiger partial charge in [0, 0.05) is 5.33 Å². The van der Waals surface area contributed by atoms with Crippen LogP contribution < -0.4 is 0 Å². The molecule has 1 rings (SSSR count). The van der Waals surface area contributed by atoms with Crippen molar-refractivity contribution in [3.05, 3.63) is 35.1 Å². The maximum atomic E-state index is 13.2. The van der Waals surface area contributed by atoms with E-state index in [1.165, 1.54) is 19.1 Å².